The fraction of sp³-hybridized carbons (Fsp3) is 0. The largest absolute Gasteiger partial charge is 0.307 e. The molecule has 0 radical (unpaired) electrons. The summed E-state index contributed by atoms with van der Waals surface area (Å²) < 4.78 is 4.54. The van der Waals surface area contributed by atoms with Gasteiger partial charge in [0.05, 0.1) is 22.1 Å². The number of hydrogen-bond acceptors (Lipinski definition) is 4. The highest BCUT2D eigenvalue weighted by Crippen LogP contribution is 2.40. The first kappa shape index (κ1) is 31.8. The minimum atomic E-state index is 0.519. The van der Waals surface area contributed by atoms with Gasteiger partial charge in [0.2, 0.25) is 5.95 Å². The molecule has 0 aliphatic heterocycles. The second kappa shape index (κ2) is 13.0. The monoisotopic (exact) mass is 716 g/mol. The van der Waals surface area contributed by atoms with Gasteiger partial charge in [0.15, 0.2) is 11.6 Å². The molecule has 0 bridgehead atoms. The Morgan fingerprint density at radius 3 is 1.43 bits per heavy atom. The molecule has 6 nitrogen and oxygen atoms in total. The maximum Gasteiger partial charge on any atom is 0.238 e. The minimum absolute atomic E-state index is 0.519. The van der Waals surface area contributed by atoms with Gasteiger partial charge in [0.1, 0.15) is 5.52 Å². The molecule has 11 aromatic rings. The molecule has 0 N–H and O–H groups in total. The quantitative estimate of drug-likeness (QED) is 0.172. The Morgan fingerprint density at radius 2 is 0.821 bits per heavy atom. The van der Waals surface area contributed by atoms with Crippen LogP contribution in [0.5, 0.6) is 0 Å². The van der Waals surface area contributed by atoms with Gasteiger partial charge in [-0.1, -0.05) is 152 Å². The van der Waals surface area contributed by atoms with Crippen molar-refractivity contribution in [1.82, 2.24) is 29.1 Å². The third-order valence-corrected chi connectivity index (χ3v) is 10.6. The molecule has 0 unspecified atom stereocenters. The predicted octanol–water partition coefficient (Wildman–Crippen LogP) is 12.1. The van der Waals surface area contributed by atoms with Crippen LogP contribution in [-0.2, 0) is 0 Å². The summed E-state index contributed by atoms with van der Waals surface area (Å²) in [7, 11) is 0. The molecule has 0 spiro atoms. The molecule has 0 fully saturated rings. The topological polar surface area (TPSA) is 61.4 Å². The Kier molecular flexibility index (Phi) is 7.38. The van der Waals surface area contributed by atoms with E-state index in [2.05, 4.69) is 185 Å². The fourth-order valence-electron chi connectivity index (χ4n) is 8.04. The van der Waals surface area contributed by atoms with Crippen molar-refractivity contribution in [3.8, 4) is 56.7 Å². The molecular weight excluding hydrogens is 685 g/mol. The van der Waals surface area contributed by atoms with Gasteiger partial charge in [-0.2, -0.15) is 9.97 Å². The molecule has 0 saturated carbocycles. The van der Waals surface area contributed by atoms with Gasteiger partial charge in [0, 0.05) is 39.2 Å². The summed E-state index contributed by atoms with van der Waals surface area (Å²) in [5.74, 6) is 1.69. The molecule has 262 valence electrons. The second-order valence-corrected chi connectivity index (χ2v) is 13.9. The van der Waals surface area contributed by atoms with E-state index < -0.39 is 0 Å². The number of aromatic nitrogens is 6. The molecule has 7 aromatic carbocycles. The highest BCUT2D eigenvalue weighted by molar-refractivity contribution is 6.22. The van der Waals surface area contributed by atoms with Crippen LogP contribution in [0.4, 0.5) is 0 Å². The van der Waals surface area contributed by atoms with E-state index >= 15 is 0 Å². The lowest BCUT2D eigenvalue weighted by molar-refractivity contribution is 0.953. The zero-order valence-electron chi connectivity index (χ0n) is 30.2. The van der Waals surface area contributed by atoms with Crippen LogP contribution in [-0.4, -0.2) is 29.1 Å². The van der Waals surface area contributed by atoms with Crippen molar-refractivity contribution in [2.75, 3.05) is 0 Å². The first-order chi connectivity index (χ1) is 27.8. The summed E-state index contributed by atoms with van der Waals surface area (Å²) in [6, 6.07) is 65.2. The van der Waals surface area contributed by atoms with Gasteiger partial charge < -0.3 is 4.57 Å². The summed E-state index contributed by atoms with van der Waals surface area (Å²) in [6.07, 6.45) is 2.02. The van der Waals surface area contributed by atoms with E-state index in [1.54, 1.807) is 0 Å². The van der Waals surface area contributed by atoms with Crippen molar-refractivity contribution in [3.05, 3.63) is 194 Å². The van der Waals surface area contributed by atoms with Crippen molar-refractivity contribution in [2.45, 2.75) is 0 Å². The molecule has 6 heteroatoms. The van der Waals surface area contributed by atoms with Crippen molar-refractivity contribution in [3.63, 3.8) is 0 Å². The van der Waals surface area contributed by atoms with Crippen LogP contribution in [0, 0.1) is 0 Å². The number of fused-ring (bicyclic) bond motifs is 7. The maximum atomic E-state index is 5.35. The molecule has 0 amide bonds. The molecule has 4 heterocycles. The Labute approximate surface area is 322 Å². The molecule has 0 atom stereocenters. The van der Waals surface area contributed by atoms with Crippen molar-refractivity contribution in [2.24, 2.45) is 0 Å². The van der Waals surface area contributed by atoms with E-state index in [-0.39, 0.29) is 0 Å². The molecule has 4 aromatic heterocycles. The van der Waals surface area contributed by atoms with E-state index in [1.165, 1.54) is 0 Å². The van der Waals surface area contributed by atoms with Gasteiger partial charge in [-0.15, -0.1) is 0 Å². The first-order valence-corrected chi connectivity index (χ1v) is 18.7. The Hall–Kier alpha value is -7.70. The Bertz CT molecular complexity index is 3140. The zero-order valence-corrected chi connectivity index (χ0v) is 30.2. The van der Waals surface area contributed by atoms with E-state index in [4.69, 9.17) is 19.9 Å². The van der Waals surface area contributed by atoms with Crippen LogP contribution >= 0.6 is 0 Å². The highest BCUT2D eigenvalue weighted by Gasteiger charge is 2.24. The summed E-state index contributed by atoms with van der Waals surface area (Å²) in [5.41, 5.74) is 12.2. The molecule has 0 aliphatic rings. The summed E-state index contributed by atoms with van der Waals surface area (Å²) in [5, 5.41) is 3.21. The normalized spacial score (nSPS) is 11.6. The zero-order chi connectivity index (χ0) is 37.0. The third kappa shape index (κ3) is 5.19. The van der Waals surface area contributed by atoms with Gasteiger partial charge in [-0.05, 0) is 58.7 Å². The molecule has 0 aliphatic carbocycles. The highest BCUT2D eigenvalue weighted by atomic mass is 15.2. The van der Waals surface area contributed by atoms with Crippen LogP contribution in [0.1, 0.15) is 0 Å². The van der Waals surface area contributed by atoms with Gasteiger partial charge in [0.25, 0.3) is 0 Å². The van der Waals surface area contributed by atoms with Crippen molar-refractivity contribution in [1.29, 1.82) is 0 Å². The number of hydrogen-bond donors (Lipinski definition) is 0. The fourth-order valence-corrected chi connectivity index (χ4v) is 8.04. The maximum absolute atomic E-state index is 5.35. The van der Waals surface area contributed by atoms with Crippen LogP contribution in [0.3, 0.4) is 0 Å². The average molecular weight is 717 g/mol. The number of rotatable bonds is 6. The second-order valence-electron chi connectivity index (χ2n) is 13.9. The van der Waals surface area contributed by atoms with E-state index in [1.807, 2.05) is 18.3 Å². The molecule has 0 saturated heterocycles. The van der Waals surface area contributed by atoms with Gasteiger partial charge in [-0.25, -0.2) is 4.98 Å². The first-order valence-electron chi connectivity index (χ1n) is 18.7. The lowest BCUT2D eigenvalue weighted by Gasteiger charge is -2.13. The lowest BCUT2D eigenvalue weighted by atomic mass is 10.0. The number of nitrogens with zero attached hydrogens (tertiary/aromatic N) is 6. The minimum Gasteiger partial charge on any atom is -0.307 e. The predicted molar refractivity (Wildman–Crippen MR) is 228 cm³/mol. The van der Waals surface area contributed by atoms with Gasteiger partial charge in [-0.3, -0.25) is 9.55 Å². The van der Waals surface area contributed by atoms with E-state index in [0.717, 1.165) is 82.8 Å². The molecule has 11 rings (SSSR count). The SMILES string of the molecule is c1ccc(-c2cccc(-c3nc(-c4cccc(-c5ccccc5)c4)nc(-n4c5ccccc5c5ncc6c7ccccc7n(-c7ccccc7)c6c54)n3)c2)cc1. The van der Waals surface area contributed by atoms with Crippen LogP contribution < -0.4 is 0 Å². The number of benzene rings is 7. The van der Waals surface area contributed by atoms with Crippen molar-refractivity contribution >= 4 is 43.7 Å². The van der Waals surface area contributed by atoms with Crippen LogP contribution in [0.2, 0.25) is 0 Å². The smallest absolute Gasteiger partial charge is 0.238 e. The van der Waals surface area contributed by atoms with E-state index in [0.29, 0.717) is 17.6 Å². The number of pyridine rings is 1. The lowest BCUT2D eigenvalue weighted by Crippen LogP contribution is -2.07. The summed E-state index contributed by atoms with van der Waals surface area (Å²) in [6.45, 7) is 0. The Balaban J connectivity index is 1.24. The van der Waals surface area contributed by atoms with E-state index in [9.17, 15) is 0 Å². The molecular formula is C50H32N6. The van der Waals surface area contributed by atoms with Crippen molar-refractivity contribution < 1.29 is 0 Å². The standard InChI is InChI=1S/C50H32N6/c1-4-16-33(17-5-1)35-20-14-22-37(30-35)48-52-49(38-23-15-21-36(31-38)34-18-6-2-7-19-34)54-50(53-48)56-44-29-13-11-27-41(44)45-47(56)46-42(32-51-45)40-26-10-12-28-43(40)55(46)39-24-8-3-9-25-39/h1-32H. The third-order valence-electron chi connectivity index (χ3n) is 10.6. The van der Waals surface area contributed by atoms with Crippen LogP contribution in [0.15, 0.2) is 194 Å². The number of para-hydroxylation sites is 3. The summed E-state index contributed by atoms with van der Waals surface area (Å²) in [4.78, 5) is 21.1. The van der Waals surface area contributed by atoms with Crippen LogP contribution in [0.25, 0.3) is 100 Å². The molecule has 56 heavy (non-hydrogen) atoms. The Morgan fingerprint density at radius 1 is 0.339 bits per heavy atom. The van der Waals surface area contributed by atoms with Gasteiger partial charge >= 0.3 is 0 Å². The summed E-state index contributed by atoms with van der Waals surface area (Å²) >= 11 is 0. The average Bonchev–Trinajstić information content (AvgIpc) is 3.80.